The number of esters is 1. The number of Topliss-reactive ketones (excluding diaryl/α,β-unsaturated/α-hetero) is 1. The molecule has 6 heteroatoms. The third-order valence-electron chi connectivity index (χ3n) is 7.81. The van der Waals surface area contributed by atoms with Crippen LogP contribution >= 0.6 is 0 Å². The molecule has 35 heavy (non-hydrogen) atoms. The lowest BCUT2D eigenvalue weighted by Crippen LogP contribution is -2.57. The molecule has 3 aromatic rings. The molecular weight excluding hydrogens is 442 g/mol. The van der Waals surface area contributed by atoms with E-state index < -0.39 is 35.0 Å². The predicted octanol–water partition coefficient (Wildman–Crippen LogP) is 4.00. The molecule has 1 heterocycles. The summed E-state index contributed by atoms with van der Waals surface area (Å²) in [4.78, 5) is 55.8. The van der Waals surface area contributed by atoms with Gasteiger partial charge in [-0.25, -0.2) is 9.69 Å². The van der Waals surface area contributed by atoms with Gasteiger partial charge in [0.1, 0.15) is 5.78 Å². The summed E-state index contributed by atoms with van der Waals surface area (Å²) in [5.41, 5.74) is 2.47. The van der Waals surface area contributed by atoms with Crippen molar-refractivity contribution in [2.24, 2.45) is 11.8 Å². The van der Waals surface area contributed by atoms with Gasteiger partial charge in [-0.3, -0.25) is 14.4 Å². The second-order valence-corrected chi connectivity index (χ2v) is 9.27. The number of benzene rings is 3. The molecule has 0 radical (unpaired) electrons. The average Bonchev–Trinajstić information content (AvgIpc) is 3.14. The van der Waals surface area contributed by atoms with Gasteiger partial charge < -0.3 is 4.74 Å². The molecular formula is C29H23NO5. The lowest BCUT2D eigenvalue weighted by Gasteiger charge is -2.52. The number of anilines is 1. The Morgan fingerprint density at radius 2 is 1.43 bits per heavy atom. The first-order valence-corrected chi connectivity index (χ1v) is 11.8. The Kier molecular flexibility index (Phi) is 4.58. The van der Waals surface area contributed by atoms with Gasteiger partial charge in [0.25, 0.3) is 0 Å². The van der Waals surface area contributed by atoms with Crippen molar-refractivity contribution < 1.29 is 23.9 Å². The van der Waals surface area contributed by atoms with Gasteiger partial charge in [-0.2, -0.15) is 0 Å². The summed E-state index contributed by atoms with van der Waals surface area (Å²) in [6, 6.07) is 21.8. The summed E-state index contributed by atoms with van der Waals surface area (Å²) < 4.78 is 5.19. The minimum Gasteiger partial charge on any atom is -0.462 e. The maximum Gasteiger partial charge on any atom is 0.340 e. The van der Waals surface area contributed by atoms with E-state index in [9.17, 15) is 19.2 Å². The SMILES string of the molecule is CCOC(=O)c1ccccc1N1C(=O)[C@@H]2[C@@H](C1=O)C1c3ccccc3C2(C(C)=O)c2ccccc21. The van der Waals surface area contributed by atoms with Crippen LogP contribution in [0.2, 0.25) is 0 Å². The van der Waals surface area contributed by atoms with E-state index in [-0.39, 0.29) is 29.6 Å². The molecule has 2 bridgehead atoms. The molecule has 174 valence electrons. The lowest BCUT2D eigenvalue weighted by atomic mass is 9.46. The van der Waals surface area contributed by atoms with Crippen LogP contribution in [0, 0.1) is 11.8 Å². The Morgan fingerprint density at radius 1 is 0.857 bits per heavy atom. The molecule has 2 atom stereocenters. The van der Waals surface area contributed by atoms with Gasteiger partial charge in [-0.1, -0.05) is 60.7 Å². The third kappa shape index (κ3) is 2.54. The van der Waals surface area contributed by atoms with Crippen molar-refractivity contribution in [3.63, 3.8) is 0 Å². The normalized spacial score (nSPS) is 25.7. The summed E-state index contributed by atoms with van der Waals surface area (Å²) in [5, 5.41) is 0. The number of hydrogen-bond donors (Lipinski definition) is 0. The number of amides is 2. The average molecular weight is 466 g/mol. The van der Waals surface area contributed by atoms with E-state index in [1.165, 1.54) is 6.92 Å². The Morgan fingerprint density at radius 3 is 2.03 bits per heavy atom. The van der Waals surface area contributed by atoms with Crippen molar-refractivity contribution in [3.8, 4) is 0 Å². The maximum absolute atomic E-state index is 14.2. The third-order valence-corrected chi connectivity index (χ3v) is 7.81. The molecule has 4 aliphatic rings. The van der Waals surface area contributed by atoms with Crippen molar-refractivity contribution in [2.45, 2.75) is 25.2 Å². The molecule has 7 rings (SSSR count). The topological polar surface area (TPSA) is 80.8 Å². The van der Waals surface area contributed by atoms with Gasteiger partial charge in [0.2, 0.25) is 11.8 Å². The highest BCUT2D eigenvalue weighted by Gasteiger charge is 2.70. The van der Waals surface area contributed by atoms with E-state index in [0.717, 1.165) is 27.2 Å². The monoisotopic (exact) mass is 465 g/mol. The fourth-order valence-electron chi connectivity index (χ4n) is 6.66. The summed E-state index contributed by atoms with van der Waals surface area (Å²) in [6.07, 6.45) is 0. The molecule has 1 fully saturated rings. The van der Waals surface area contributed by atoms with Crippen LogP contribution in [0.5, 0.6) is 0 Å². The van der Waals surface area contributed by atoms with E-state index in [4.69, 9.17) is 4.74 Å². The van der Waals surface area contributed by atoms with Gasteiger partial charge in [0, 0.05) is 5.92 Å². The van der Waals surface area contributed by atoms with Crippen LogP contribution in [0.15, 0.2) is 72.8 Å². The summed E-state index contributed by atoms with van der Waals surface area (Å²) in [5.74, 6) is -3.62. The zero-order valence-electron chi connectivity index (χ0n) is 19.4. The smallest absolute Gasteiger partial charge is 0.340 e. The van der Waals surface area contributed by atoms with Crippen LogP contribution < -0.4 is 4.90 Å². The second-order valence-electron chi connectivity index (χ2n) is 9.27. The molecule has 0 unspecified atom stereocenters. The molecule has 1 aliphatic heterocycles. The van der Waals surface area contributed by atoms with Crippen molar-refractivity contribution >= 4 is 29.3 Å². The minimum atomic E-state index is -1.27. The number of rotatable bonds is 4. The van der Waals surface area contributed by atoms with Crippen molar-refractivity contribution in [1.29, 1.82) is 0 Å². The van der Waals surface area contributed by atoms with Gasteiger partial charge in [-0.05, 0) is 48.2 Å². The van der Waals surface area contributed by atoms with Crippen molar-refractivity contribution in [2.75, 3.05) is 11.5 Å². The number of imide groups is 1. The van der Waals surface area contributed by atoms with Crippen LogP contribution in [0.4, 0.5) is 5.69 Å². The first-order valence-electron chi connectivity index (χ1n) is 11.8. The van der Waals surface area contributed by atoms with E-state index >= 15 is 0 Å². The summed E-state index contributed by atoms with van der Waals surface area (Å²) in [6.45, 7) is 3.37. The Hall–Kier alpha value is -4.06. The number of ether oxygens (including phenoxy) is 1. The quantitative estimate of drug-likeness (QED) is 0.430. The second kappa shape index (κ2) is 7.47. The summed E-state index contributed by atoms with van der Waals surface area (Å²) in [7, 11) is 0. The zero-order chi connectivity index (χ0) is 24.5. The number of nitrogens with zero attached hydrogens (tertiary/aromatic N) is 1. The number of carbonyl (C=O) groups excluding carboxylic acids is 4. The highest BCUT2D eigenvalue weighted by Crippen LogP contribution is 2.64. The highest BCUT2D eigenvalue weighted by molar-refractivity contribution is 6.27. The molecule has 0 aromatic heterocycles. The first-order chi connectivity index (χ1) is 16.9. The molecule has 0 N–H and O–H groups in total. The van der Waals surface area contributed by atoms with Crippen LogP contribution in [-0.4, -0.2) is 30.2 Å². The highest BCUT2D eigenvalue weighted by atomic mass is 16.5. The first kappa shape index (κ1) is 21.5. The predicted molar refractivity (Wildman–Crippen MR) is 128 cm³/mol. The molecule has 0 spiro atoms. The van der Waals surface area contributed by atoms with Crippen LogP contribution in [0.3, 0.4) is 0 Å². The molecule has 3 aliphatic carbocycles. The largest absolute Gasteiger partial charge is 0.462 e. The standard InChI is InChI=1S/C29H23NO5/c1-3-35-28(34)19-12-6-9-15-22(19)30-26(32)24-23-17-10-4-7-13-20(17)29(16(2)31,25(24)27(30)33)21-14-8-5-11-18(21)23/h4-15,23-25H,3H2,1-2H3/t23?,24-,25-,29?/m0/s1. The fraction of sp³-hybridized carbons (Fsp3) is 0.241. The van der Waals surface area contributed by atoms with Crippen LogP contribution in [0.25, 0.3) is 0 Å². The Labute approximate surface area is 202 Å². The molecule has 0 saturated carbocycles. The number of para-hydroxylation sites is 1. The Balaban J connectivity index is 1.62. The number of ketones is 1. The van der Waals surface area contributed by atoms with Gasteiger partial charge >= 0.3 is 5.97 Å². The van der Waals surface area contributed by atoms with Crippen molar-refractivity contribution in [1.82, 2.24) is 0 Å². The maximum atomic E-state index is 14.2. The number of carbonyl (C=O) groups is 4. The number of hydrogen-bond acceptors (Lipinski definition) is 5. The van der Waals surface area contributed by atoms with Gasteiger partial charge in [0.05, 0.1) is 35.1 Å². The lowest BCUT2D eigenvalue weighted by molar-refractivity contribution is -0.132. The van der Waals surface area contributed by atoms with E-state index in [1.54, 1.807) is 31.2 Å². The Bertz CT molecular complexity index is 1390. The van der Waals surface area contributed by atoms with E-state index in [0.29, 0.717) is 0 Å². The molecule has 6 nitrogen and oxygen atoms in total. The molecule has 2 amide bonds. The zero-order valence-corrected chi connectivity index (χ0v) is 19.4. The van der Waals surface area contributed by atoms with Crippen LogP contribution in [-0.2, 0) is 24.5 Å². The van der Waals surface area contributed by atoms with Gasteiger partial charge in [-0.15, -0.1) is 0 Å². The van der Waals surface area contributed by atoms with E-state index in [1.807, 2.05) is 48.5 Å². The molecule has 1 saturated heterocycles. The van der Waals surface area contributed by atoms with Gasteiger partial charge in [0.15, 0.2) is 0 Å². The van der Waals surface area contributed by atoms with Crippen molar-refractivity contribution in [3.05, 3.63) is 101 Å². The molecule has 3 aromatic carbocycles. The minimum absolute atomic E-state index is 0.147. The van der Waals surface area contributed by atoms with E-state index in [2.05, 4.69) is 0 Å². The fourth-order valence-corrected chi connectivity index (χ4v) is 6.66. The van der Waals surface area contributed by atoms with Crippen LogP contribution in [0.1, 0.15) is 52.4 Å². The summed E-state index contributed by atoms with van der Waals surface area (Å²) >= 11 is 0.